The molecule has 0 radical (unpaired) electrons. The maximum absolute atomic E-state index is 12.8. The molecule has 0 aliphatic rings. The lowest BCUT2D eigenvalue weighted by Crippen LogP contribution is -2.37. The molecule has 28 heavy (non-hydrogen) atoms. The van der Waals surface area contributed by atoms with Crippen molar-refractivity contribution < 1.29 is 13.2 Å². The highest BCUT2D eigenvalue weighted by Gasteiger charge is 2.23. The van der Waals surface area contributed by atoms with Crippen LogP contribution in [0.15, 0.2) is 66.9 Å². The minimum atomic E-state index is -3.58. The molecular formula is C21H23N3O3S. The average molecular weight is 398 g/mol. The van der Waals surface area contributed by atoms with Gasteiger partial charge in [0.15, 0.2) is 0 Å². The number of aromatic nitrogens is 1. The van der Waals surface area contributed by atoms with Crippen LogP contribution < -0.4 is 9.21 Å². The van der Waals surface area contributed by atoms with Crippen LogP contribution in [0.4, 0.5) is 11.4 Å². The monoisotopic (exact) mass is 397 g/mol. The number of anilines is 2. The van der Waals surface area contributed by atoms with Gasteiger partial charge in [-0.3, -0.25) is 14.1 Å². The number of pyridine rings is 1. The van der Waals surface area contributed by atoms with Crippen molar-refractivity contribution >= 4 is 38.2 Å². The second kappa shape index (κ2) is 8.39. The normalized spacial score (nSPS) is 11.4. The fourth-order valence-corrected chi connectivity index (χ4v) is 4.12. The summed E-state index contributed by atoms with van der Waals surface area (Å²) in [5, 5.41) is 0.847. The molecule has 0 aliphatic carbocycles. The quantitative estimate of drug-likeness (QED) is 0.612. The largest absolute Gasteiger partial charge is 0.313 e. The molecule has 0 spiro atoms. The summed E-state index contributed by atoms with van der Waals surface area (Å²) in [5.41, 5.74) is 1.88. The van der Waals surface area contributed by atoms with Gasteiger partial charge in [0.05, 0.1) is 17.5 Å². The van der Waals surface area contributed by atoms with Gasteiger partial charge in [-0.25, -0.2) is 8.42 Å². The summed E-state index contributed by atoms with van der Waals surface area (Å²) in [4.78, 5) is 18.8. The van der Waals surface area contributed by atoms with E-state index in [0.29, 0.717) is 17.7 Å². The highest BCUT2D eigenvalue weighted by atomic mass is 32.2. The highest BCUT2D eigenvalue weighted by molar-refractivity contribution is 7.92. The van der Waals surface area contributed by atoms with Crippen LogP contribution >= 0.6 is 0 Å². The number of rotatable bonds is 7. The summed E-state index contributed by atoms with van der Waals surface area (Å²) in [5.74, 6) is -0.129. The molecule has 0 saturated carbocycles. The second-order valence-corrected chi connectivity index (χ2v) is 8.32. The first-order chi connectivity index (χ1) is 13.4. The van der Waals surface area contributed by atoms with Gasteiger partial charge in [-0.1, -0.05) is 36.4 Å². The minimum Gasteiger partial charge on any atom is -0.313 e. The minimum absolute atomic E-state index is 0.0523. The van der Waals surface area contributed by atoms with Crippen molar-refractivity contribution in [3.05, 3.63) is 66.9 Å². The van der Waals surface area contributed by atoms with Crippen LogP contribution in [0.3, 0.4) is 0 Å². The summed E-state index contributed by atoms with van der Waals surface area (Å²) in [6.45, 7) is 2.46. The number of benzene rings is 2. The van der Waals surface area contributed by atoms with E-state index < -0.39 is 10.0 Å². The first-order valence-corrected chi connectivity index (χ1v) is 10.9. The van der Waals surface area contributed by atoms with Gasteiger partial charge in [-0.05, 0) is 31.2 Å². The molecule has 0 N–H and O–H groups in total. The molecule has 7 heteroatoms. The molecule has 0 bridgehead atoms. The summed E-state index contributed by atoms with van der Waals surface area (Å²) in [7, 11) is -3.58. The number of amides is 1. The van der Waals surface area contributed by atoms with Crippen molar-refractivity contribution in [3.8, 4) is 0 Å². The van der Waals surface area contributed by atoms with E-state index in [1.165, 1.54) is 4.31 Å². The molecular weight excluding hydrogens is 374 g/mol. The summed E-state index contributed by atoms with van der Waals surface area (Å²) < 4.78 is 26.2. The molecule has 1 aromatic heterocycles. The predicted octanol–water partition coefficient (Wildman–Crippen LogP) is 3.44. The Labute approximate surface area is 165 Å². The number of fused-ring (bicyclic) bond motifs is 1. The Balaban J connectivity index is 1.87. The predicted molar refractivity (Wildman–Crippen MR) is 113 cm³/mol. The maximum atomic E-state index is 12.8. The zero-order chi connectivity index (χ0) is 20.1. The van der Waals surface area contributed by atoms with Gasteiger partial charge >= 0.3 is 0 Å². The van der Waals surface area contributed by atoms with E-state index >= 15 is 0 Å². The van der Waals surface area contributed by atoms with E-state index in [9.17, 15) is 13.2 Å². The Morgan fingerprint density at radius 2 is 1.71 bits per heavy atom. The van der Waals surface area contributed by atoms with Gasteiger partial charge < -0.3 is 4.90 Å². The third kappa shape index (κ3) is 4.31. The molecule has 0 unspecified atom stereocenters. The van der Waals surface area contributed by atoms with Crippen molar-refractivity contribution in [1.29, 1.82) is 0 Å². The molecule has 1 heterocycles. The third-order valence-electron chi connectivity index (χ3n) is 4.49. The van der Waals surface area contributed by atoms with E-state index in [-0.39, 0.29) is 18.9 Å². The first-order valence-electron chi connectivity index (χ1n) is 9.08. The van der Waals surface area contributed by atoms with Gasteiger partial charge in [-0.15, -0.1) is 0 Å². The number of hydrogen-bond donors (Lipinski definition) is 0. The van der Waals surface area contributed by atoms with Gasteiger partial charge in [0.2, 0.25) is 15.9 Å². The topological polar surface area (TPSA) is 70.6 Å². The van der Waals surface area contributed by atoms with Crippen LogP contribution in [0.1, 0.15) is 13.3 Å². The summed E-state index contributed by atoms with van der Waals surface area (Å²) in [6, 6.07) is 18.4. The Hall–Kier alpha value is -2.93. The van der Waals surface area contributed by atoms with Crippen molar-refractivity contribution in [2.75, 3.05) is 28.6 Å². The van der Waals surface area contributed by atoms with Crippen LogP contribution in [0.5, 0.6) is 0 Å². The van der Waals surface area contributed by atoms with E-state index in [0.717, 1.165) is 17.3 Å². The van der Waals surface area contributed by atoms with Crippen molar-refractivity contribution in [2.45, 2.75) is 13.3 Å². The van der Waals surface area contributed by atoms with E-state index in [2.05, 4.69) is 4.98 Å². The fourth-order valence-electron chi connectivity index (χ4n) is 3.20. The van der Waals surface area contributed by atoms with Crippen LogP contribution in [-0.2, 0) is 14.8 Å². The number of para-hydroxylation sites is 2. The van der Waals surface area contributed by atoms with Crippen LogP contribution in [-0.4, -0.2) is 38.7 Å². The van der Waals surface area contributed by atoms with Gasteiger partial charge in [0.1, 0.15) is 0 Å². The zero-order valence-electron chi connectivity index (χ0n) is 15.9. The molecule has 0 atom stereocenters. The van der Waals surface area contributed by atoms with E-state index in [1.807, 2.05) is 49.4 Å². The van der Waals surface area contributed by atoms with E-state index in [4.69, 9.17) is 0 Å². The molecule has 1 amide bonds. The van der Waals surface area contributed by atoms with Crippen molar-refractivity contribution in [3.63, 3.8) is 0 Å². The Morgan fingerprint density at radius 1 is 1.00 bits per heavy atom. The number of carbonyl (C=O) groups excluding carboxylic acids is 1. The molecule has 0 saturated heterocycles. The Bertz CT molecular complexity index is 1060. The van der Waals surface area contributed by atoms with Crippen LogP contribution in [0.2, 0.25) is 0 Å². The first kappa shape index (κ1) is 19.8. The maximum Gasteiger partial charge on any atom is 0.232 e. The zero-order valence-corrected chi connectivity index (χ0v) is 16.8. The molecule has 2 aromatic carbocycles. The standard InChI is InChI=1S/C21H23N3O3S/c1-3-23(18-11-5-4-6-12-18)20(25)14-16-24(28(2,26)27)19-13-7-9-17-10-8-15-22-21(17)19/h4-13,15H,3,14,16H2,1-2H3. The Morgan fingerprint density at radius 3 is 2.39 bits per heavy atom. The van der Waals surface area contributed by atoms with Gasteiger partial charge in [-0.2, -0.15) is 0 Å². The highest BCUT2D eigenvalue weighted by Crippen LogP contribution is 2.27. The lowest BCUT2D eigenvalue weighted by Gasteiger charge is -2.26. The molecule has 3 aromatic rings. The fraction of sp³-hybridized carbons (Fsp3) is 0.238. The van der Waals surface area contributed by atoms with Crippen LogP contribution in [0, 0.1) is 0 Å². The number of sulfonamides is 1. The molecule has 3 rings (SSSR count). The SMILES string of the molecule is CCN(C(=O)CCN(c1cccc2cccnc12)S(C)(=O)=O)c1ccccc1. The summed E-state index contributed by atoms with van der Waals surface area (Å²) >= 11 is 0. The molecule has 146 valence electrons. The molecule has 0 aliphatic heterocycles. The van der Waals surface area contributed by atoms with Crippen molar-refractivity contribution in [1.82, 2.24) is 4.98 Å². The third-order valence-corrected chi connectivity index (χ3v) is 5.67. The lowest BCUT2D eigenvalue weighted by atomic mass is 10.2. The molecule has 0 fully saturated rings. The van der Waals surface area contributed by atoms with Gasteiger partial charge in [0.25, 0.3) is 0 Å². The Kier molecular flexibility index (Phi) is 5.94. The van der Waals surface area contributed by atoms with Crippen LogP contribution in [0.25, 0.3) is 10.9 Å². The summed E-state index contributed by atoms with van der Waals surface area (Å²) in [6.07, 6.45) is 2.85. The number of nitrogens with zero attached hydrogens (tertiary/aromatic N) is 3. The lowest BCUT2D eigenvalue weighted by molar-refractivity contribution is -0.118. The van der Waals surface area contributed by atoms with E-state index in [1.54, 1.807) is 29.3 Å². The number of hydrogen-bond acceptors (Lipinski definition) is 4. The molecule has 6 nitrogen and oxygen atoms in total. The van der Waals surface area contributed by atoms with Crippen molar-refractivity contribution in [2.24, 2.45) is 0 Å². The number of carbonyl (C=O) groups is 1. The van der Waals surface area contributed by atoms with Gasteiger partial charge in [0, 0.05) is 36.8 Å². The average Bonchev–Trinajstić information content (AvgIpc) is 2.68. The second-order valence-electron chi connectivity index (χ2n) is 6.41. The smallest absolute Gasteiger partial charge is 0.232 e.